The van der Waals surface area contributed by atoms with Crippen LogP contribution in [-0.4, -0.2) is 18.5 Å². The van der Waals surface area contributed by atoms with Crippen molar-refractivity contribution in [2.75, 3.05) is 6.54 Å². The molecule has 2 unspecified atom stereocenters. The summed E-state index contributed by atoms with van der Waals surface area (Å²) in [7, 11) is 0. The fourth-order valence-electron chi connectivity index (χ4n) is 2.53. The van der Waals surface area contributed by atoms with Crippen molar-refractivity contribution in [3.8, 4) is 0 Å². The normalized spacial score (nSPS) is 23.1. The zero-order chi connectivity index (χ0) is 13.1. The summed E-state index contributed by atoms with van der Waals surface area (Å²) in [6.45, 7) is 4.78. The Morgan fingerprint density at radius 3 is 2.72 bits per heavy atom. The van der Waals surface area contributed by atoms with Gasteiger partial charge in [0.25, 0.3) is 5.91 Å². The van der Waals surface area contributed by atoms with Crippen molar-refractivity contribution in [1.29, 1.82) is 0 Å². The summed E-state index contributed by atoms with van der Waals surface area (Å²) in [6.07, 6.45) is 3.41. The molecule has 0 aliphatic heterocycles. The molecule has 98 valence electrons. The maximum absolute atomic E-state index is 12.0. The van der Waals surface area contributed by atoms with Crippen molar-refractivity contribution in [3.05, 3.63) is 34.9 Å². The van der Waals surface area contributed by atoms with Crippen molar-refractivity contribution >= 4 is 5.91 Å². The van der Waals surface area contributed by atoms with Gasteiger partial charge in [0.1, 0.15) is 0 Å². The third kappa shape index (κ3) is 2.91. The quantitative estimate of drug-likeness (QED) is 0.858. The predicted molar refractivity (Wildman–Crippen MR) is 73.6 cm³/mol. The Balaban J connectivity index is 1.93. The van der Waals surface area contributed by atoms with E-state index in [9.17, 15) is 4.79 Å². The first-order valence-corrected chi connectivity index (χ1v) is 6.69. The Kier molecular flexibility index (Phi) is 4.02. The molecule has 0 radical (unpaired) electrons. The number of hydrogen-bond acceptors (Lipinski definition) is 2. The zero-order valence-corrected chi connectivity index (χ0v) is 11.2. The van der Waals surface area contributed by atoms with Crippen LogP contribution >= 0.6 is 0 Å². The lowest BCUT2D eigenvalue weighted by atomic mass is 10.0. The molecular formula is C15H22N2O. The average molecular weight is 246 g/mol. The summed E-state index contributed by atoms with van der Waals surface area (Å²) < 4.78 is 0. The van der Waals surface area contributed by atoms with Gasteiger partial charge in [-0.3, -0.25) is 4.79 Å². The van der Waals surface area contributed by atoms with Gasteiger partial charge in [-0.1, -0.05) is 12.5 Å². The highest BCUT2D eigenvalue weighted by atomic mass is 16.1. The number of benzene rings is 1. The smallest absolute Gasteiger partial charge is 0.251 e. The van der Waals surface area contributed by atoms with Gasteiger partial charge >= 0.3 is 0 Å². The highest BCUT2D eigenvalue weighted by Gasteiger charge is 2.24. The lowest BCUT2D eigenvalue weighted by Gasteiger charge is -2.16. The Labute approximate surface area is 109 Å². The Morgan fingerprint density at radius 2 is 2.11 bits per heavy atom. The molecule has 1 aromatic rings. The first-order chi connectivity index (χ1) is 8.58. The minimum absolute atomic E-state index is 0.0113. The SMILES string of the molecule is Cc1ccc(C(=O)NCC2CCCC2N)cc1C. The molecular weight excluding hydrogens is 224 g/mol. The molecule has 3 N–H and O–H groups in total. The summed E-state index contributed by atoms with van der Waals surface area (Å²) in [5.74, 6) is 0.456. The lowest BCUT2D eigenvalue weighted by Crippen LogP contribution is -2.36. The molecule has 1 aliphatic rings. The van der Waals surface area contributed by atoms with Gasteiger partial charge in [-0.15, -0.1) is 0 Å². The van der Waals surface area contributed by atoms with E-state index in [4.69, 9.17) is 5.73 Å². The van der Waals surface area contributed by atoms with Gasteiger partial charge in [0.2, 0.25) is 0 Å². The lowest BCUT2D eigenvalue weighted by molar-refractivity contribution is 0.0946. The molecule has 1 fully saturated rings. The largest absolute Gasteiger partial charge is 0.352 e. The molecule has 0 saturated heterocycles. The molecule has 2 atom stereocenters. The Hall–Kier alpha value is -1.35. The first-order valence-electron chi connectivity index (χ1n) is 6.69. The Morgan fingerprint density at radius 1 is 1.33 bits per heavy atom. The van der Waals surface area contributed by atoms with Gasteiger partial charge in [0, 0.05) is 18.2 Å². The standard InChI is InChI=1S/C15H22N2O/c1-10-6-7-12(8-11(10)2)15(18)17-9-13-4-3-5-14(13)16/h6-8,13-14H,3-5,9,16H2,1-2H3,(H,17,18). The second-order valence-corrected chi connectivity index (χ2v) is 5.36. The van der Waals surface area contributed by atoms with Crippen LogP contribution in [0.4, 0.5) is 0 Å². The highest BCUT2D eigenvalue weighted by Crippen LogP contribution is 2.23. The molecule has 1 amide bonds. The molecule has 0 aromatic heterocycles. The van der Waals surface area contributed by atoms with E-state index >= 15 is 0 Å². The van der Waals surface area contributed by atoms with Gasteiger partial charge in [-0.05, 0) is 55.9 Å². The summed E-state index contributed by atoms with van der Waals surface area (Å²) in [5, 5.41) is 3.00. The highest BCUT2D eigenvalue weighted by molar-refractivity contribution is 5.94. The fourth-order valence-corrected chi connectivity index (χ4v) is 2.53. The van der Waals surface area contributed by atoms with Crippen LogP contribution in [-0.2, 0) is 0 Å². The number of hydrogen-bond donors (Lipinski definition) is 2. The summed E-state index contributed by atoms with van der Waals surface area (Å²) in [4.78, 5) is 12.0. The number of nitrogens with one attached hydrogen (secondary N) is 1. The van der Waals surface area contributed by atoms with Crippen molar-refractivity contribution in [2.45, 2.75) is 39.2 Å². The maximum atomic E-state index is 12.0. The monoisotopic (exact) mass is 246 g/mol. The summed E-state index contributed by atoms with van der Waals surface area (Å²) >= 11 is 0. The van der Waals surface area contributed by atoms with E-state index in [1.54, 1.807) is 0 Å². The van der Waals surface area contributed by atoms with Crippen LogP contribution in [0.2, 0.25) is 0 Å². The van der Waals surface area contributed by atoms with Crippen molar-refractivity contribution in [3.63, 3.8) is 0 Å². The van der Waals surface area contributed by atoms with Crippen LogP contribution in [0.15, 0.2) is 18.2 Å². The second kappa shape index (κ2) is 5.53. The molecule has 0 heterocycles. The molecule has 3 heteroatoms. The van der Waals surface area contributed by atoms with E-state index < -0.39 is 0 Å². The van der Waals surface area contributed by atoms with Crippen LogP contribution in [0.1, 0.15) is 40.7 Å². The minimum Gasteiger partial charge on any atom is -0.352 e. The number of nitrogens with two attached hydrogens (primary N) is 1. The topological polar surface area (TPSA) is 55.1 Å². The van der Waals surface area contributed by atoms with E-state index in [0.717, 1.165) is 24.0 Å². The van der Waals surface area contributed by atoms with Crippen LogP contribution in [0.5, 0.6) is 0 Å². The molecule has 18 heavy (non-hydrogen) atoms. The molecule has 1 aliphatic carbocycles. The van der Waals surface area contributed by atoms with Gasteiger partial charge in [0.05, 0.1) is 0 Å². The molecule has 0 bridgehead atoms. The van der Waals surface area contributed by atoms with Crippen LogP contribution in [0.3, 0.4) is 0 Å². The third-order valence-corrected chi connectivity index (χ3v) is 4.01. The molecule has 1 saturated carbocycles. The van der Waals surface area contributed by atoms with Crippen LogP contribution in [0.25, 0.3) is 0 Å². The number of aryl methyl sites for hydroxylation is 2. The second-order valence-electron chi connectivity index (χ2n) is 5.36. The zero-order valence-electron chi connectivity index (χ0n) is 11.2. The average Bonchev–Trinajstić information content (AvgIpc) is 2.75. The van der Waals surface area contributed by atoms with Crippen LogP contribution < -0.4 is 11.1 Å². The van der Waals surface area contributed by atoms with Gasteiger partial charge in [0.15, 0.2) is 0 Å². The van der Waals surface area contributed by atoms with E-state index in [-0.39, 0.29) is 11.9 Å². The fraction of sp³-hybridized carbons (Fsp3) is 0.533. The first kappa shape index (κ1) is 13.1. The molecule has 3 nitrogen and oxygen atoms in total. The number of amides is 1. The van der Waals surface area contributed by atoms with Crippen molar-refractivity contribution in [1.82, 2.24) is 5.32 Å². The van der Waals surface area contributed by atoms with E-state index in [2.05, 4.69) is 12.2 Å². The van der Waals surface area contributed by atoms with Crippen molar-refractivity contribution in [2.24, 2.45) is 11.7 Å². The third-order valence-electron chi connectivity index (χ3n) is 4.01. The van der Waals surface area contributed by atoms with E-state index in [1.807, 2.05) is 25.1 Å². The molecule has 1 aromatic carbocycles. The van der Waals surface area contributed by atoms with E-state index in [0.29, 0.717) is 12.5 Å². The summed E-state index contributed by atoms with van der Waals surface area (Å²) in [6, 6.07) is 6.07. The van der Waals surface area contributed by atoms with Crippen molar-refractivity contribution < 1.29 is 4.79 Å². The van der Waals surface area contributed by atoms with Gasteiger partial charge in [-0.25, -0.2) is 0 Å². The van der Waals surface area contributed by atoms with E-state index in [1.165, 1.54) is 12.0 Å². The van der Waals surface area contributed by atoms with Gasteiger partial charge < -0.3 is 11.1 Å². The predicted octanol–water partition coefficient (Wildman–Crippen LogP) is 2.16. The van der Waals surface area contributed by atoms with Gasteiger partial charge in [-0.2, -0.15) is 0 Å². The maximum Gasteiger partial charge on any atom is 0.251 e. The van der Waals surface area contributed by atoms with Crippen LogP contribution in [0, 0.1) is 19.8 Å². The summed E-state index contributed by atoms with van der Waals surface area (Å²) in [5.41, 5.74) is 9.10. The molecule has 2 rings (SSSR count). The number of carbonyl (C=O) groups excluding carboxylic acids is 1. The number of rotatable bonds is 3. The Bertz CT molecular complexity index is 442. The minimum atomic E-state index is 0.0113. The molecule has 0 spiro atoms. The number of carbonyl (C=O) groups is 1.